The van der Waals surface area contributed by atoms with Gasteiger partial charge in [0.15, 0.2) is 0 Å². The second kappa shape index (κ2) is 8.62. The molecular weight excluding hydrogens is 350 g/mol. The minimum atomic E-state index is -3.50. The van der Waals surface area contributed by atoms with E-state index in [0.717, 1.165) is 38.2 Å². The molecule has 7 heteroatoms. The Kier molecular flexibility index (Phi) is 6.24. The van der Waals surface area contributed by atoms with E-state index in [1.54, 1.807) is 37.6 Å². The monoisotopic (exact) mass is 375 g/mol. The molecule has 2 aromatic rings. The van der Waals surface area contributed by atoms with Crippen LogP contribution in [0, 0.1) is 5.92 Å². The molecule has 6 nitrogen and oxygen atoms in total. The Morgan fingerprint density at radius 3 is 2.73 bits per heavy atom. The zero-order valence-corrected chi connectivity index (χ0v) is 15.8. The first-order chi connectivity index (χ1) is 12.6. The van der Waals surface area contributed by atoms with Crippen molar-refractivity contribution in [2.45, 2.75) is 24.3 Å². The molecule has 26 heavy (non-hydrogen) atoms. The van der Waals surface area contributed by atoms with E-state index in [-0.39, 0.29) is 4.90 Å². The van der Waals surface area contributed by atoms with Crippen molar-refractivity contribution in [3.8, 4) is 5.75 Å². The van der Waals surface area contributed by atoms with Gasteiger partial charge >= 0.3 is 0 Å². The third kappa shape index (κ3) is 5.03. The molecule has 1 aromatic carbocycles. The van der Waals surface area contributed by atoms with Crippen LogP contribution in [0.1, 0.15) is 18.5 Å². The lowest BCUT2D eigenvalue weighted by molar-refractivity contribution is 0.167. The molecular formula is C19H25N3O3S. The number of aromatic nitrogens is 1. The Balaban J connectivity index is 1.54. The summed E-state index contributed by atoms with van der Waals surface area (Å²) in [5, 5.41) is 0. The summed E-state index contributed by atoms with van der Waals surface area (Å²) in [6.45, 7) is 3.16. The highest BCUT2D eigenvalue weighted by Crippen LogP contribution is 2.19. The standard InChI is InChI=1S/C19H25N3O3S/c1-25-18-7-9-19(10-8-18)26(23,24)21-13-16-5-4-12-22(14-16)15-17-6-2-3-11-20-17/h2-3,6-11,16,21H,4-5,12-15H2,1H3/t16-/m1/s1. The maximum absolute atomic E-state index is 12.5. The van der Waals surface area contributed by atoms with Gasteiger partial charge in [-0.1, -0.05) is 6.07 Å². The molecule has 1 saturated heterocycles. The molecule has 1 atom stereocenters. The third-order valence-corrected chi connectivity index (χ3v) is 6.09. The summed E-state index contributed by atoms with van der Waals surface area (Å²) in [5.74, 6) is 0.946. The number of nitrogens with zero attached hydrogens (tertiary/aromatic N) is 2. The highest BCUT2D eigenvalue weighted by Gasteiger charge is 2.22. The number of sulfonamides is 1. The molecule has 0 bridgehead atoms. The fraction of sp³-hybridized carbons (Fsp3) is 0.421. The van der Waals surface area contributed by atoms with Crippen LogP contribution in [-0.2, 0) is 16.6 Å². The van der Waals surface area contributed by atoms with E-state index in [1.807, 2.05) is 18.2 Å². The first-order valence-electron chi connectivity index (χ1n) is 8.83. The number of pyridine rings is 1. The van der Waals surface area contributed by atoms with Crippen molar-refractivity contribution in [2.24, 2.45) is 5.92 Å². The van der Waals surface area contributed by atoms with Crippen molar-refractivity contribution in [1.82, 2.24) is 14.6 Å². The quantitative estimate of drug-likeness (QED) is 0.804. The maximum atomic E-state index is 12.5. The average Bonchev–Trinajstić information content (AvgIpc) is 2.68. The summed E-state index contributed by atoms with van der Waals surface area (Å²) < 4.78 is 32.8. The lowest BCUT2D eigenvalue weighted by Crippen LogP contribution is -2.40. The summed E-state index contributed by atoms with van der Waals surface area (Å²) in [4.78, 5) is 6.98. The topological polar surface area (TPSA) is 71.5 Å². The summed E-state index contributed by atoms with van der Waals surface area (Å²) in [5.41, 5.74) is 1.05. The average molecular weight is 375 g/mol. The van der Waals surface area contributed by atoms with Gasteiger partial charge in [0.2, 0.25) is 10.0 Å². The van der Waals surface area contributed by atoms with Crippen molar-refractivity contribution in [3.63, 3.8) is 0 Å². The molecule has 1 N–H and O–H groups in total. The molecule has 3 rings (SSSR count). The summed E-state index contributed by atoms with van der Waals surface area (Å²) in [6.07, 6.45) is 3.91. The number of methoxy groups -OCH3 is 1. The molecule has 140 valence electrons. The third-order valence-electron chi connectivity index (χ3n) is 4.65. The molecule has 1 fully saturated rings. The van der Waals surface area contributed by atoms with Gasteiger partial charge in [-0.15, -0.1) is 0 Å². The maximum Gasteiger partial charge on any atom is 0.240 e. The lowest BCUT2D eigenvalue weighted by Gasteiger charge is -2.32. The van der Waals surface area contributed by atoms with Crippen molar-refractivity contribution in [2.75, 3.05) is 26.7 Å². The van der Waals surface area contributed by atoms with E-state index in [9.17, 15) is 8.42 Å². The van der Waals surface area contributed by atoms with Gasteiger partial charge in [0.25, 0.3) is 0 Å². The normalized spacial score (nSPS) is 18.6. The summed E-state index contributed by atoms with van der Waals surface area (Å²) in [6, 6.07) is 12.4. The highest BCUT2D eigenvalue weighted by molar-refractivity contribution is 7.89. The lowest BCUT2D eigenvalue weighted by atomic mass is 9.98. The Morgan fingerprint density at radius 2 is 2.04 bits per heavy atom. The fourth-order valence-electron chi connectivity index (χ4n) is 3.25. The second-order valence-electron chi connectivity index (χ2n) is 6.59. The van der Waals surface area contributed by atoms with E-state index in [0.29, 0.717) is 18.2 Å². The fourth-order valence-corrected chi connectivity index (χ4v) is 4.36. The van der Waals surface area contributed by atoms with E-state index in [1.165, 1.54) is 0 Å². The number of likely N-dealkylation sites (tertiary alicyclic amines) is 1. The van der Waals surface area contributed by atoms with Crippen LogP contribution in [0.5, 0.6) is 5.75 Å². The number of rotatable bonds is 7. The van der Waals surface area contributed by atoms with Gasteiger partial charge < -0.3 is 4.74 Å². The van der Waals surface area contributed by atoms with Crippen LogP contribution in [0.3, 0.4) is 0 Å². The number of ether oxygens (including phenoxy) is 1. The van der Waals surface area contributed by atoms with E-state index < -0.39 is 10.0 Å². The molecule has 1 aliphatic heterocycles. The van der Waals surface area contributed by atoms with E-state index in [2.05, 4.69) is 14.6 Å². The van der Waals surface area contributed by atoms with Gasteiger partial charge in [-0.25, -0.2) is 13.1 Å². The predicted molar refractivity (Wildman–Crippen MR) is 100 cm³/mol. The Labute approximate surface area is 155 Å². The van der Waals surface area contributed by atoms with Gasteiger partial charge in [0.05, 0.1) is 17.7 Å². The molecule has 0 amide bonds. The molecule has 1 aliphatic rings. The van der Waals surface area contributed by atoms with Crippen LogP contribution in [-0.4, -0.2) is 45.0 Å². The summed E-state index contributed by atoms with van der Waals surface area (Å²) >= 11 is 0. The molecule has 0 saturated carbocycles. The van der Waals surface area contributed by atoms with Crippen molar-refractivity contribution < 1.29 is 13.2 Å². The highest BCUT2D eigenvalue weighted by atomic mass is 32.2. The molecule has 0 radical (unpaired) electrons. The Morgan fingerprint density at radius 1 is 1.23 bits per heavy atom. The van der Waals surface area contributed by atoms with Gasteiger partial charge in [-0.3, -0.25) is 9.88 Å². The summed E-state index contributed by atoms with van der Waals surface area (Å²) in [7, 11) is -1.94. The predicted octanol–water partition coefficient (Wildman–Crippen LogP) is 2.28. The number of benzene rings is 1. The van der Waals surface area contributed by atoms with Gasteiger partial charge in [0, 0.05) is 25.8 Å². The van der Waals surface area contributed by atoms with Crippen LogP contribution in [0.4, 0.5) is 0 Å². The number of hydrogen-bond acceptors (Lipinski definition) is 5. The minimum Gasteiger partial charge on any atom is -0.497 e. The number of piperidine rings is 1. The van der Waals surface area contributed by atoms with E-state index in [4.69, 9.17) is 4.74 Å². The zero-order valence-electron chi connectivity index (χ0n) is 15.0. The van der Waals surface area contributed by atoms with Crippen molar-refractivity contribution in [1.29, 1.82) is 0 Å². The second-order valence-corrected chi connectivity index (χ2v) is 8.36. The molecule has 0 aliphatic carbocycles. The van der Waals surface area contributed by atoms with Gasteiger partial charge in [-0.2, -0.15) is 0 Å². The van der Waals surface area contributed by atoms with Crippen LogP contribution in [0.2, 0.25) is 0 Å². The molecule has 0 unspecified atom stereocenters. The number of hydrogen-bond donors (Lipinski definition) is 1. The Bertz CT molecular complexity index is 795. The SMILES string of the molecule is COc1ccc(S(=O)(=O)NC[C@H]2CCCN(Cc3ccccn3)C2)cc1. The number of nitrogens with one attached hydrogen (secondary N) is 1. The van der Waals surface area contributed by atoms with Crippen molar-refractivity contribution >= 4 is 10.0 Å². The van der Waals surface area contributed by atoms with E-state index >= 15 is 0 Å². The molecule has 0 spiro atoms. The minimum absolute atomic E-state index is 0.263. The van der Waals surface area contributed by atoms with Crippen LogP contribution >= 0.6 is 0 Å². The Hall–Kier alpha value is -1.96. The first kappa shape index (κ1) is 18.8. The zero-order chi connectivity index (χ0) is 18.4. The first-order valence-corrected chi connectivity index (χ1v) is 10.3. The smallest absolute Gasteiger partial charge is 0.240 e. The van der Waals surface area contributed by atoms with Crippen LogP contribution in [0.25, 0.3) is 0 Å². The van der Waals surface area contributed by atoms with Gasteiger partial charge in [-0.05, 0) is 61.7 Å². The van der Waals surface area contributed by atoms with Crippen molar-refractivity contribution in [3.05, 3.63) is 54.4 Å². The largest absolute Gasteiger partial charge is 0.497 e. The van der Waals surface area contributed by atoms with Gasteiger partial charge in [0.1, 0.15) is 5.75 Å². The van der Waals surface area contributed by atoms with Crippen LogP contribution in [0.15, 0.2) is 53.6 Å². The molecule has 1 aromatic heterocycles. The van der Waals surface area contributed by atoms with Crippen LogP contribution < -0.4 is 9.46 Å². The molecule has 2 heterocycles.